The van der Waals surface area contributed by atoms with E-state index in [0.29, 0.717) is 16.9 Å². The highest BCUT2D eigenvalue weighted by molar-refractivity contribution is 6.32. The molecule has 1 fully saturated rings. The monoisotopic (exact) mass is 410 g/mol. The van der Waals surface area contributed by atoms with Crippen LogP contribution in [0.5, 0.6) is 11.5 Å². The van der Waals surface area contributed by atoms with Gasteiger partial charge in [0.15, 0.2) is 18.1 Å². The summed E-state index contributed by atoms with van der Waals surface area (Å²) in [5.41, 5.74) is 5.83. The average Bonchev–Trinajstić information content (AvgIpc) is 2.66. The van der Waals surface area contributed by atoms with Gasteiger partial charge in [-0.15, -0.1) is 0 Å². The molecular formula is C21H31ClN2O4. The van der Waals surface area contributed by atoms with Crippen LogP contribution in [0, 0.1) is 11.3 Å². The summed E-state index contributed by atoms with van der Waals surface area (Å²) in [7, 11) is 1.45. The molecule has 0 aromatic heterocycles. The summed E-state index contributed by atoms with van der Waals surface area (Å²) in [6.07, 6.45) is 5.36. The first kappa shape index (κ1) is 22.3. The lowest BCUT2D eigenvalue weighted by atomic mass is 9.69. The zero-order valence-electron chi connectivity index (χ0n) is 17.1. The molecule has 1 aromatic rings. The summed E-state index contributed by atoms with van der Waals surface area (Å²) in [5.74, 6) is 0.359. The summed E-state index contributed by atoms with van der Waals surface area (Å²) in [6, 6.07) is 3.23. The van der Waals surface area contributed by atoms with Crippen LogP contribution in [-0.2, 0) is 4.79 Å². The van der Waals surface area contributed by atoms with Gasteiger partial charge in [-0.1, -0.05) is 38.8 Å². The summed E-state index contributed by atoms with van der Waals surface area (Å²) >= 11 is 6.23. The van der Waals surface area contributed by atoms with Crippen molar-refractivity contribution in [3.8, 4) is 11.5 Å². The first-order valence-corrected chi connectivity index (χ1v) is 10.1. The van der Waals surface area contributed by atoms with E-state index >= 15 is 0 Å². The zero-order chi connectivity index (χ0) is 20.9. The van der Waals surface area contributed by atoms with Crippen LogP contribution in [0.4, 0.5) is 0 Å². The number of nitrogens with one attached hydrogen (secondary N) is 1. The Hall–Kier alpha value is -1.95. The van der Waals surface area contributed by atoms with Crippen LogP contribution in [0.15, 0.2) is 12.1 Å². The largest absolute Gasteiger partial charge is 0.493 e. The summed E-state index contributed by atoms with van der Waals surface area (Å²) < 4.78 is 10.6. The number of carbonyl (C=O) groups excluding carboxylic acids is 2. The molecule has 0 bridgehead atoms. The number of hydrogen-bond acceptors (Lipinski definition) is 4. The lowest BCUT2D eigenvalue weighted by Gasteiger charge is -2.39. The first-order valence-electron chi connectivity index (χ1n) is 9.77. The van der Waals surface area contributed by atoms with E-state index in [1.54, 1.807) is 6.07 Å². The maximum atomic E-state index is 12.7. The number of amides is 2. The van der Waals surface area contributed by atoms with Crippen molar-refractivity contribution in [2.45, 2.75) is 58.9 Å². The standard InChI is InChI=1S/C21H31ClN2O4/c1-5-21(2,3)14-6-8-15(9-7-14)24-20(26)13-10-16(22)19(17(11-13)27-4)28-12-18(23)25/h10-11,14-15H,5-9,12H2,1-4H3,(H2,23,25)(H,24,26). The lowest BCUT2D eigenvalue weighted by Crippen LogP contribution is -2.39. The van der Waals surface area contributed by atoms with Crippen molar-refractivity contribution in [1.82, 2.24) is 5.32 Å². The van der Waals surface area contributed by atoms with E-state index < -0.39 is 5.91 Å². The van der Waals surface area contributed by atoms with Crippen molar-refractivity contribution in [3.63, 3.8) is 0 Å². The Bertz CT molecular complexity index is 713. The minimum Gasteiger partial charge on any atom is -0.493 e. The van der Waals surface area contributed by atoms with Gasteiger partial charge in [-0.2, -0.15) is 0 Å². The Morgan fingerprint density at radius 3 is 2.43 bits per heavy atom. The Balaban J connectivity index is 2.03. The molecule has 0 radical (unpaired) electrons. The number of halogens is 1. The van der Waals surface area contributed by atoms with Crippen LogP contribution < -0.4 is 20.5 Å². The fourth-order valence-electron chi connectivity index (χ4n) is 3.71. The van der Waals surface area contributed by atoms with E-state index in [9.17, 15) is 9.59 Å². The first-order chi connectivity index (χ1) is 13.2. The van der Waals surface area contributed by atoms with Gasteiger partial charge in [0, 0.05) is 11.6 Å². The SMILES string of the molecule is CCC(C)(C)C1CCC(NC(=O)c2cc(Cl)c(OCC(N)=O)c(OC)c2)CC1. The molecule has 0 aliphatic heterocycles. The minimum absolute atomic E-state index is 0.159. The highest BCUT2D eigenvalue weighted by Crippen LogP contribution is 2.40. The number of benzene rings is 1. The van der Waals surface area contributed by atoms with Crippen LogP contribution in [0.1, 0.15) is 63.2 Å². The molecule has 3 N–H and O–H groups in total. The molecule has 2 amide bonds. The average molecular weight is 411 g/mol. The van der Waals surface area contributed by atoms with Crippen LogP contribution >= 0.6 is 11.6 Å². The number of ether oxygens (including phenoxy) is 2. The second-order valence-electron chi connectivity index (χ2n) is 8.11. The van der Waals surface area contributed by atoms with Gasteiger partial charge in [-0.3, -0.25) is 9.59 Å². The third-order valence-electron chi connectivity index (χ3n) is 5.93. The molecule has 2 rings (SSSR count). The number of primary amides is 1. The maximum Gasteiger partial charge on any atom is 0.255 e. The predicted octanol–water partition coefficient (Wildman–Crippen LogP) is 3.94. The molecule has 0 saturated heterocycles. The van der Waals surface area contributed by atoms with Crippen LogP contribution in [0.25, 0.3) is 0 Å². The van der Waals surface area contributed by atoms with Crippen molar-refractivity contribution in [3.05, 3.63) is 22.7 Å². The topological polar surface area (TPSA) is 90.6 Å². The van der Waals surface area contributed by atoms with E-state index in [1.165, 1.54) is 13.2 Å². The van der Waals surface area contributed by atoms with Gasteiger partial charge in [0.05, 0.1) is 12.1 Å². The Kier molecular flexibility index (Phi) is 7.58. The van der Waals surface area contributed by atoms with Crippen molar-refractivity contribution < 1.29 is 19.1 Å². The molecule has 0 heterocycles. The van der Waals surface area contributed by atoms with Crippen LogP contribution in [-0.4, -0.2) is 31.6 Å². The molecule has 0 atom stereocenters. The minimum atomic E-state index is -0.623. The van der Waals surface area contributed by atoms with Gasteiger partial charge in [-0.25, -0.2) is 0 Å². The number of methoxy groups -OCH3 is 1. The fraction of sp³-hybridized carbons (Fsp3) is 0.619. The number of hydrogen-bond donors (Lipinski definition) is 2. The van der Waals surface area contributed by atoms with Gasteiger partial charge in [0.1, 0.15) is 0 Å². The summed E-state index contributed by atoms with van der Waals surface area (Å²) in [6.45, 7) is 6.57. The zero-order valence-corrected chi connectivity index (χ0v) is 17.9. The van der Waals surface area contributed by atoms with E-state index in [2.05, 4.69) is 26.1 Å². The van der Waals surface area contributed by atoms with Crippen molar-refractivity contribution >= 4 is 23.4 Å². The van der Waals surface area contributed by atoms with Crippen molar-refractivity contribution in [1.29, 1.82) is 0 Å². The van der Waals surface area contributed by atoms with E-state index in [0.717, 1.165) is 32.1 Å². The van der Waals surface area contributed by atoms with Gasteiger partial charge in [0.2, 0.25) is 0 Å². The van der Waals surface area contributed by atoms with Crippen molar-refractivity contribution in [2.24, 2.45) is 17.1 Å². The number of carbonyl (C=O) groups is 2. The summed E-state index contributed by atoms with van der Waals surface area (Å²) in [4.78, 5) is 23.6. The Morgan fingerprint density at radius 2 is 1.89 bits per heavy atom. The molecule has 0 unspecified atom stereocenters. The highest BCUT2D eigenvalue weighted by atomic mass is 35.5. The molecule has 1 saturated carbocycles. The van der Waals surface area contributed by atoms with Gasteiger partial charge >= 0.3 is 0 Å². The predicted molar refractivity (Wildman–Crippen MR) is 110 cm³/mol. The second-order valence-corrected chi connectivity index (χ2v) is 8.52. The third kappa shape index (κ3) is 5.53. The summed E-state index contributed by atoms with van der Waals surface area (Å²) in [5, 5.41) is 3.30. The third-order valence-corrected chi connectivity index (χ3v) is 6.21. The van der Waals surface area contributed by atoms with Crippen LogP contribution in [0.3, 0.4) is 0 Å². The molecule has 6 nitrogen and oxygen atoms in total. The number of nitrogens with two attached hydrogens (primary N) is 1. The molecule has 1 aromatic carbocycles. The highest BCUT2D eigenvalue weighted by Gasteiger charge is 2.32. The van der Waals surface area contributed by atoms with E-state index in [4.69, 9.17) is 26.8 Å². The molecule has 28 heavy (non-hydrogen) atoms. The van der Waals surface area contributed by atoms with E-state index in [-0.39, 0.29) is 35.1 Å². The molecule has 7 heteroatoms. The molecule has 1 aliphatic rings. The Labute approximate surface area is 172 Å². The smallest absolute Gasteiger partial charge is 0.255 e. The fourth-order valence-corrected chi connectivity index (χ4v) is 3.98. The maximum absolute atomic E-state index is 12.7. The van der Waals surface area contributed by atoms with Gasteiger partial charge < -0.3 is 20.5 Å². The normalized spacial score (nSPS) is 19.8. The number of rotatable bonds is 8. The van der Waals surface area contributed by atoms with E-state index in [1.807, 2.05) is 0 Å². The second kappa shape index (κ2) is 9.50. The van der Waals surface area contributed by atoms with Gasteiger partial charge in [0.25, 0.3) is 11.8 Å². The quantitative estimate of drug-likeness (QED) is 0.679. The molecular weight excluding hydrogens is 380 g/mol. The van der Waals surface area contributed by atoms with Crippen molar-refractivity contribution in [2.75, 3.05) is 13.7 Å². The van der Waals surface area contributed by atoms with Gasteiger partial charge in [-0.05, 0) is 49.1 Å². The molecule has 1 aliphatic carbocycles. The molecule has 156 valence electrons. The molecule has 0 spiro atoms. The van der Waals surface area contributed by atoms with Crippen LogP contribution in [0.2, 0.25) is 5.02 Å². The Morgan fingerprint density at radius 1 is 1.25 bits per heavy atom. The lowest BCUT2D eigenvalue weighted by molar-refractivity contribution is -0.119.